The molecular weight excluding hydrogens is 305 g/mol. The fourth-order valence-corrected chi connectivity index (χ4v) is 3.47. The predicted molar refractivity (Wildman–Crippen MR) is 71.5 cm³/mol. The van der Waals surface area contributed by atoms with Crippen molar-refractivity contribution in [2.75, 3.05) is 13.1 Å². The Morgan fingerprint density at radius 3 is 2.43 bits per heavy atom. The second kappa shape index (κ2) is 6.91. The average molecular weight is 320 g/mol. The lowest BCUT2D eigenvalue weighted by atomic mass is 10.1. The Balaban J connectivity index is 3.07. The highest BCUT2D eigenvalue weighted by atomic mass is 32.2. The number of hydrogen-bond acceptors (Lipinski definition) is 3. The summed E-state index contributed by atoms with van der Waals surface area (Å²) in [6.07, 6.45) is -4.61. The highest BCUT2D eigenvalue weighted by molar-refractivity contribution is 7.88. The number of halogens is 3. The molecule has 0 saturated carbocycles. The first-order chi connectivity index (χ1) is 9.72. The van der Waals surface area contributed by atoms with Crippen LogP contribution < -0.4 is 0 Å². The van der Waals surface area contributed by atoms with Crippen LogP contribution in [0.3, 0.4) is 0 Å². The third-order valence-corrected chi connectivity index (χ3v) is 4.78. The average Bonchev–Trinajstić information content (AvgIpc) is 2.38. The molecule has 0 N–H and O–H groups in total. The van der Waals surface area contributed by atoms with E-state index in [1.54, 1.807) is 6.92 Å². The highest BCUT2D eigenvalue weighted by Gasteiger charge is 2.34. The summed E-state index contributed by atoms with van der Waals surface area (Å²) < 4.78 is 63.9. The third-order valence-electron chi connectivity index (χ3n) is 2.88. The van der Waals surface area contributed by atoms with Crippen LogP contribution in [0.15, 0.2) is 24.3 Å². The number of rotatable bonds is 6. The van der Waals surface area contributed by atoms with E-state index in [4.69, 9.17) is 5.26 Å². The first-order valence-corrected chi connectivity index (χ1v) is 7.83. The Bertz CT molecular complexity index is 621. The van der Waals surface area contributed by atoms with E-state index in [1.165, 1.54) is 12.1 Å². The van der Waals surface area contributed by atoms with Crippen LogP contribution in [-0.2, 0) is 22.0 Å². The van der Waals surface area contributed by atoms with E-state index in [9.17, 15) is 21.6 Å². The molecule has 0 spiro atoms. The molecule has 0 radical (unpaired) electrons. The van der Waals surface area contributed by atoms with Crippen molar-refractivity contribution in [3.63, 3.8) is 0 Å². The van der Waals surface area contributed by atoms with Gasteiger partial charge in [-0.1, -0.05) is 25.1 Å². The Morgan fingerprint density at radius 1 is 1.29 bits per heavy atom. The van der Waals surface area contributed by atoms with Crippen LogP contribution in [0.5, 0.6) is 0 Å². The molecule has 0 aliphatic carbocycles. The molecule has 8 heteroatoms. The van der Waals surface area contributed by atoms with Crippen molar-refractivity contribution in [1.29, 1.82) is 5.26 Å². The normalized spacial score (nSPS) is 12.4. The number of hydrogen-bond donors (Lipinski definition) is 0. The minimum absolute atomic E-state index is 0.00596. The van der Waals surface area contributed by atoms with E-state index in [1.807, 2.05) is 6.07 Å². The van der Waals surface area contributed by atoms with Gasteiger partial charge >= 0.3 is 6.18 Å². The van der Waals surface area contributed by atoms with Gasteiger partial charge in [0.2, 0.25) is 10.0 Å². The minimum Gasteiger partial charge on any atom is -0.212 e. The van der Waals surface area contributed by atoms with E-state index in [-0.39, 0.29) is 25.1 Å². The zero-order valence-corrected chi connectivity index (χ0v) is 12.2. The summed E-state index contributed by atoms with van der Waals surface area (Å²) in [6.45, 7) is 1.66. The van der Waals surface area contributed by atoms with Gasteiger partial charge in [-0.2, -0.15) is 18.4 Å². The van der Waals surface area contributed by atoms with E-state index >= 15 is 0 Å². The number of nitriles is 1. The minimum atomic E-state index is -4.60. The Hall–Kier alpha value is -1.59. The standard InChI is InChI=1S/C13H15F3N2O2S/c1-2-18(9-5-8-17)21(19,20)10-11-6-3-4-7-12(11)13(14,15)16/h3-4,6-7H,2,5,9-10H2,1H3. The third kappa shape index (κ3) is 4.72. The Kier molecular flexibility index (Phi) is 5.75. The molecule has 0 atom stereocenters. The van der Waals surface area contributed by atoms with Crippen LogP contribution in [0.2, 0.25) is 0 Å². The zero-order chi connectivity index (χ0) is 16.1. The maximum Gasteiger partial charge on any atom is 0.416 e. The maximum atomic E-state index is 12.9. The van der Waals surface area contributed by atoms with Crippen molar-refractivity contribution < 1.29 is 21.6 Å². The van der Waals surface area contributed by atoms with Gasteiger partial charge in [-0.3, -0.25) is 0 Å². The molecule has 0 bridgehead atoms. The molecule has 0 aromatic heterocycles. The van der Waals surface area contributed by atoms with E-state index in [0.717, 1.165) is 16.4 Å². The largest absolute Gasteiger partial charge is 0.416 e. The lowest BCUT2D eigenvalue weighted by molar-refractivity contribution is -0.138. The molecule has 116 valence electrons. The second-order valence-electron chi connectivity index (χ2n) is 4.31. The van der Waals surface area contributed by atoms with Crippen LogP contribution >= 0.6 is 0 Å². The SMILES string of the molecule is CCN(CCC#N)S(=O)(=O)Cc1ccccc1C(F)(F)F. The zero-order valence-electron chi connectivity index (χ0n) is 11.4. The molecule has 0 aliphatic rings. The molecule has 0 aliphatic heterocycles. The molecular formula is C13H15F3N2O2S. The van der Waals surface area contributed by atoms with Gasteiger partial charge in [-0.05, 0) is 11.6 Å². The first-order valence-electron chi connectivity index (χ1n) is 6.22. The second-order valence-corrected chi connectivity index (χ2v) is 6.28. The van der Waals surface area contributed by atoms with Crippen LogP contribution in [0, 0.1) is 11.3 Å². The van der Waals surface area contributed by atoms with E-state index < -0.39 is 27.5 Å². The fourth-order valence-electron chi connectivity index (χ4n) is 1.88. The summed E-state index contributed by atoms with van der Waals surface area (Å²) >= 11 is 0. The molecule has 0 amide bonds. The van der Waals surface area contributed by atoms with Crippen molar-refractivity contribution in [3.05, 3.63) is 35.4 Å². The molecule has 1 rings (SSSR count). The van der Waals surface area contributed by atoms with Crippen molar-refractivity contribution in [2.45, 2.75) is 25.3 Å². The smallest absolute Gasteiger partial charge is 0.212 e. The van der Waals surface area contributed by atoms with Crippen molar-refractivity contribution >= 4 is 10.0 Å². The lowest BCUT2D eigenvalue weighted by Crippen LogP contribution is -2.33. The molecule has 0 saturated heterocycles. The molecule has 0 fully saturated rings. The Morgan fingerprint density at radius 2 is 1.90 bits per heavy atom. The van der Waals surface area contributed by atoms with Crippen molar-refractivity contribution in [3.8, 4) is 6.07 Å². The van der Waals surface area contributed by atoms with Gasteiger partial charge in [0.1, 0.15) is 0 Å². The molecule has 21 heavy (non-hydrogen) atoms. The number of benzene rings is 1. The maximum absolute atomic E-state index is 12.9. The summed E-state index contributed by atoms with van der Waals surface area (Å²) in [6, 6.07) is 6.41. The molecule has 1 aromatic rings. The monoisotopic (exact) mass is 320 g/mol. The number of alkyl halides is 3. The molecule has 4 nitrogen and oxygen atoms in total. The fraction of sp³-hybridized carbons (Fsp3) is 0.462. The van der Waals surface area contributed by atoms with Crippen LogP contribution in [0.1, 0.15) is 24.5 Å². The first kappa shape index (κ1) is 17.5. The van der Waals surface area contributed by atoms with Gasteiger partial charge in [-0.15, -0.1) is 0 Å². The summed E-state index contributed by atoms with van der Waals surface area (Å²) in [7, 11) is -3.90. The predicted octanol–water partition coefficient (Wildman–Crippen LogP) is 2.77. The van der Waals surface area contributed by atoms with Crippen LogP contribution in [0.25, 0.3) is 0 Å². The summed E-state index contributed by atoms with van der Waals surface area (Å²) in [5.74, 6) is -0.734. The van der Waals surface area contributed by atoms with Crippen LogP contribution in [0.4, 0.5) is 13.2 Å². The van der Waals surface area contributed by atoms with Gasteiger partial charge < -0.3 is 0 Å². The molecule has 0 heterocycles. The summed E-state index contributed by atoms with van der Waals surface area (Å²) in [5.41, 5.74) is -1.25. The van der Waals surface area contributed by atoms with Crippen LogP contribution in [-0.4, -0.2) is 25.8 Å². The summed E-state index contributed by atoms with van der Waals surface area (Å²) in [5, 5.41) is 8.50. The quantitative estimate of drug-likeness (QED) is 0.810. The highest BCUT2D eigenvalue weighted by Crippen LogP contribution is 2.32. The van der Waals surface area contributed by atoms with Gasteiger partial charge in [0.25, 0.3) is 0 Å². The van der Waals surface area contributed by atoms with Crippen molar-refractivity contribution in [2.24, 2.45) is 0 Å². The lowest BCUT2D eigenvalue weighted by Gasteiger charge is -2.20. The number of sulfonamides is 1. The van der Waals surface area contributed by atoms with Crippen molar-refractivity contribution in [1.82, 2.24) is 4.31 Å². The number of nitrogens with zero attached hydrogens (tertiary/aromatic N) is 2. The van der Waals surface area contributed by atoms with E-state index in [0.29, 0.717) is 0 Å². The topological polar surface area (TPSA) is 61.2 Å². The van der Waals surface area contributed by atoms with Gasteiger partial charge in [0.15, 0.2) is 0 Å². The van der Waals surface area contributed by atoms with Gasteiger partial charge in [0.05, 0.1) is 17.4 Å². The summed E-state index contributed by atoms with van der Waals surface area (Å²) in [4.78, 5) is 0. The molecule has 0 unspecified atom stereocenters. The van der Waals surface area contributed by atoms with Gasteiger partial charge in [-0.25, -0.2) is 12.7 Å². The molecule has 1 aromatic carbocycles. The van der Waals surface area contributed by atoms with E-state index in [2.05, 4.69) is 0 Å². The van der Waals surface area contributed by atoms with Gasteiger partial charge in [0, 0.05) is 19.5 Å². The Labute approximate surface area is 121 Å².